The average Bonchev–Trinajstić information content (AvgIpc) is 3.26. The number of hydrogen-bond donors (Lipinski definition) is 1. The molecule has 0 atom stereocenters. The van der Waals surface area contributed by atoms with E-state index in [0.717, 1.165) is 12.2 Å². The van der Waals surface area contributed by atoms with Crippen LogP contribution in [-0.4, -0.2) is 41.5 Å². The summed E-state index contributed by atoms with van der Waals surface area (Å²) in [5.41, 5.74) is 0.995. The second-order valence-corrected chi connectivity index (χ2v) is 5.53. The van der Waals surface area contributed by atoms with Gasteiger partial charge in [-0.15, -0.1) is 0 Å². The monoisotopic (exact) mass is 277 g/mol. The van der Waals surface area contributed by atoms with Gasteiger partial charge in [-0.3, -0.25) is 9.78 Å². The first kappa shape index (κ1) is 14.8. The van der Waals surface area contributed by atoms with Crippen LogP contribution in [0.2, 0.25) is 0 Å². The van der Waals surface area contributed by atoms with Crippen molar-refractivity contribution in [2.24, 2.45) is 0 Å². The van der Waals surface area contributed by atoms with E-state index in [4.69, 9.17) is 4.74 Å². The molecule has 0 bridgehead atoms. The third kappa shape index (κ3) is 4.49. The highest BCUT2D eigenvalue weighted by molar-refractivity contribution is 5.77. The van der Waals surface area contributed by atoms with Crippen molar-refractivity contribution >= 4 is 5.91 Å². The fraction of sp³-hybridized carbons (Fsp3) is 0.600. The normalized spacial score (nSPS) is 14.4. The van der Waals surface area contributed by atoms with Crippen molar-refractivity contribution in [2.75, 3.05) is 13.7 Å². The van der Waals surface area contributed by atoms with Crippen molar-refractivity contribution in [3.8, 4) is 5.75 Å². The van der Waals surface area contributed by atoms with Crippen LogP contribution in [-0.2, 0) is 11.3 Å². The number of nitrogens with one attached hydrogen (secondary N) is 1. The van der Waals surface area contributed by atoms with Crippen LogP contribution >= 0.6 is 0 Å². The van der Waals surface area contributed by atoms with E-state index in [1.807, 2.05) is 26.0 Å². The molecule has 1 amide bonds. The van der Waals surface area contributed by atoms with Crippen molar-refractivity contribution in [2.45, 2.75) is 45.3 Å². The molecule has 0 saturated heterocycles. The molecule has 1 aromatic heterocycles. The Bertz CT molecular complexity index is 441. The van der Waals surface area contributed by atoms with Gasteiger partial charge in [-0.25, -0.2) is 0 Å². The fourth-order valence-corrected chi connectivity index (χ4v) is 1.67. The molecule has 20 heavy (non-hydrogen) atoms. The maximum atomic E-state index is 11.8. The van der Waals surface area contributed by atoms with Gasteiger partial charge in [0.15, 0.2) is 6.61 Å². The lowest BCUT2D eigenvalue weighted by Crippen LogP contribution is -2.36. The highest BCUT2D eigenvalue weighted by atomic mass is 16.5. The molecule has 0 radical (unpaired) electrons. The lowest BCUT2D eigenvalue weighted by atomic mass is 10.3. The number of aromatic nitrogens is 1. The minimum absolute atomic E-state index is 0.0283. The van der Waals surface area contributed by atoms with Crippen molar-refractivity contribution < 1.29 is 9.53 Å². The van der Waals surface area contributed by atoms with Crippen LogP contribution in [0, 0.1) is 0 Å². The summed E-state index contributed by atoms with van der Waals surface area (Å²) in [4.78, 5) is 17.8. The molecule has 0 unspecified atom stereocenters. The number of carbonyl (C=O) groups excluding carboxylic acids is 1. The number of pyridine rings is 1. The van der Waals surface area contributed by atoms with E-state index in [0.29, 0.717) is 11.8 Å². The summed E-state index contributed by atoms with van der Waals surface area (Å²) < 4.78 is 5.46. The Morgan fingerprint density at radius 2 is 2.25 bits per heavy atom. The maximum Gasteiger partial charge on any atom is 0.260 e. The second-order valence-electron chi connectivity index (χ2n) is 5.53. The van der Waals surface area contributed by atoms with E-state index >= 15 is 0 Å². The Balaban J connectivity index is 1.76. The Hall–Kier alpha value is -1.62. The minimum atomic E-state index is -0.0283. The van der Waals surface area contributed by atoms with Crippen molar-refractivity contribution in [1.29, 1.82) is 0 Å². The molecular weight excluding hydrogens is 254 g/mol. The zero-order valence-corrected chi connectivity index (χ0v) is 12.4. The molecule has 1 aromatic rings. The number of ether oxygens (including phenoxy) is 1. The summed E-state index contributed by atoms with van der Waals surface area (Å²) in [7, 11) is 1.78. The van der Waals surface area contributed by atoms with E-state index in [2.05, 4.69) is 10.3 Å². The third-order valence-electron chi connectivity index (χ3n) is 3.48. The van der Waals surface area contributed by atoms with Crippen LogP contribution in [0.5, 0.6) is 5.75 Å². The summed E-state index contributed by atoms with van der Waals surface area (Å²) in [5.74, 6) is 0.602. The SMILES string of the molecule is CC(C)N(C)C(=O)COc1ccc(CNC2CC2)nc1. The van der Waals surface area contributed by atoms with Gasteiger partial charge < -0.3 is 15.0 Å². The summed E-state index contributed by atoms with van der Waals surface area (Å²) in [6, 6.07) is 4.65. The van der Waals surface area contributed by atoms with Gasteiger partial charge in [0.2, 0.25) is 0 Å². The third-order valence-corrected chi connectivity index (χ3v) is 3.48. The molecule has 2 rings (SSSR count). The zero-order chi connectivity index (χ0) is 14.5. The number of nitrogens with zero attached hydrogens (tertiary/aromatic N) is 2. The van der Waals surface area contributed by atoms with E-state index in [9.17, 15) is 4.79 Å². The van der Waals surface area contributed by atoms with Crippen molar-refractivity contribution in [1.82, 2.24) is 15.2 Å². The first-order valence-corrected chi connectivity index (χ1v) is 7.13. The number of amides is 1. The molecule has 1 heterocycles. The van der Waals surface area contributed by atoms with Gasteiger partial charge in [0.25, 0.3) is 5.91 Å². The summed E-state index contributed by atoms with van der Waals surface area (Å²) in [6.45, 7) is 4.79. The Morgan fingerprint density at radius 1 is 1.50 bits per heavy atom. The molecule has 5 heteroatoms. The molecule has 0 aromatic carbocycles. The molecule has 0 spiro atoms. The Kier molecular flexibility index (Phi) is 4.95. The molecule has 1 aliphatic rings. The molecular formula is C15H23N3O2. The quantitative estimate of drug-likeness (QED) is 0.822. The van der Waals surface area contributed by atoms with Gasteiger partial charge in [-0.05, 0) is 38.8 Å². The van der Waals surface area contributed by atoms with Gasteiger partial charge in [-0.1, -0.05) is 0 Å². The minimum Gasteiger partial charge on any atom is -0.482 e. The van der Waals surface area contributed by atoms with E-state index in [1.54, 1.807) is 18.1 Å². The molecule has 1 fully saturated rings. The van der Waals surface area contributed by atoms with Gasteiger partial charge in [0.05, 0.1) is 11.9 Å². The van der Waals surface area contributed by atoms with Gasteiger partial charge in [0.1, 0.15) is 5.75 Å². The van der Waals surface area contributed by atoms with Crippen LogP contribution in [0.1, 0.15) is 32.4 Å². The summed E-state index contributed by atoms with van der Waals surface area (Å²) in [6.07, 6.45) is 4.21. The molecule has 5 nitrogen and oxygen atoms in total. The molecule has 1 N–H and O–H groups in total. The van der Waals surface area contributed by atoms with Crippen LogP contribution in [0.3, 0.4) is 0 Å². The van der Waals surface area contributed by atoms with E-state index in [-0.39, 0.29) is 18.6 Å². The van der Waals surface area contributed by atoms with Gasteiger partial charge in [-0.2, -0.15) is 0 Å². The summed E-state index contributed by atoms with van der Waals surface area (Å²) >= 11 is 0. The molecule has 1 saturated carbocycles. The number of hydrogen-bond acceptors (Lipinski definition) is 4. The summed E-state index contributed by atoms with van der Waals surface area (Å²) in [5, 5.41) is 3.41. The Morgan fingerprint density at radius 3 is 2.80 bits per heavy atom. The van der Waals surface area contributed by atoms with Crippen LogP contribution < -0.4 is 10.1 Å². The second kappa shape index (κ2) is 6.70. The predicted octanol–water partition coefficient (Wildman–Crippen LogP) is 1.58. The molecule has 110 valence electrons. The van der Waals surface area contributed by atoms with Crippen LogP contribution in [0.4, 0.5) is 0 Å². The van der Waals surface area contributed by atoms with Gasteiger partial charge in [0, 0.05) is 25.7 Å². The van der Waals surface area contributed by atoms with E-state index < -0.39 is 0 Å². The largest absolute Gasteiger partial charge is 0.482 e. The maximum absolute atomic E-state index is 11.8. The van der Waals surface area contributed by atoms with Crippen LogP contribution in [0.25, 0.3) is 0 Å². The molecule has 0 aliphatic heterocycles. The number of likely N-dealkylation sites (N-methyl/N-ethyl adjacent to an activating group) is 1. The Labute approximate surface area is 120 Å². The average molecular weight is 277 g/mol. The first-order chi connectivity index (χ1) is 9.56. The highest BCUT2D eigenvalue weighted by Crippen LogP contribution is 2.19. The first-order valence-electron chi connectivity index (χ1n) is 7.13. The van der Waals surface area contributed by atoms with Crippen molar-refractivity contribution in [3.63, 3.8) is 0 Å². The zero-order valence-electron chi connectivity index (χ0n) is 12.4. The standard InChI is InChI=1S/C15H23N3O2/c1-11(2)18(3)15(19)10-20-14-7-6-13(17-9-14)8-16-12-4-5-12/h6-7,9,11-12,16H,4-5,8,10H2,1-3H3. The predicted molar refractivity (Wildman–Crippen MR) is 77.5 cm³/mol. The van der Waals surface area contributed by atoms with Crippen molar-refractivity contribution in [3.05, 3.63) is 24.0 Å². The smallest absolute Gasteiger partial charge is 0.260 e. The fourth-order valence-electron chi connectivity index (χ4n) is 1.67. The van der Waals surface area contributed by atoms with Gasteiger partial charge >= 0.3 is 0 Å². The number of carbonyl (C=O) groups is 1. The number of rotatable bonds is 7. The topological polar surface area (TPSA) is 54.5 Å². The molecule has 1 aliphatic carbocycles. The van der Waals surface area contributed by atoms with Crippen LogP contribution in [0.15, 0.2) is 18.3 Å². The lowest BCUT2D eigenvalue weighted by Gasteiger charge is -2.21. The lowest BCUT2D eigenvalue weighted by molar-refractivity contribution is -0.133. The highest BCUT2D eigenvalue weighted by Gasteiger charge is 2.20. The van der Waals surface area contributed by atoms with E-state index in [1.165, 1.54) is 12.8 Å².